The molecule has 2 aliphatic rings. The van der Waals surface area contributed by atoms with Crippen LogP contribution in [0, 0.1) is 0 Å². The highest BCUT2D eigenvalue weighted by Gasteiger charge is 2.48. The van der Waals surface area contributed by atoms with Gasteiger partial charge in [-0.1, -0.05) is 176 Å². The van der Waals surface area contributed by atoms with E-state index >= 15 is 0 Å². The van der Waals surface area contributed by atoms with Gasteiger partial charge in [-0.25, -0.2) is 0 Å². The monoisotopic (exact) mass is 757 g/mol. The van der Waals surface area contributed by atoms with Gasteiger partial charge in [0.2, 0.25) is 0 Å². The Morgan fingerprint density at radius 2 is 0.712 bits per heavy atom. The van der Waals surface area contributed by atoms with E-state index in [9.17, 15) is 0 Å². The molecule has 282 valence electrons. The van der Waals surface area contributed by atoms with Crippen LogP contribution in [0.15, 0.2) is 247 Å². The SMILES string of the molecule is C=N/C=C\C1=C(C)N(c2ccc(N3c4ccccc4C(c4ccccc4)(c4ccccc4)c4ccccc43)cc2)c2ccccc2C1(c1ccccc1)c1ccccc1. The quantitative estimate of drug-likeness (QED) is 0.144. The van der Waals surface area contributed by atoms with Crippen molar-refractivity contribution < 1.29 is 0 Å². The second-order valence-electron chi connectivity index (χ2n) is 15.2. The van der Waals surface area contributed by atoms with Crippen molar-refractivity contribution in [1.82, 2.24) is 0 Å². The number of fused-ring (bicyclic) bond motifs is 3. The lowest BCUT2D eigenvalue weighted by Crippen LogP contribution is -2.39. The van der Waals surface area contributed by atoms with Crippen molar-refractivity contribution in [3.05, 3.63) is 281 Å². The maximum Gasteiger partial charge on any atom is 0.0742 e. The molecule has 0 aromatic heterocycles. The second-order valence-corrected chi connectivity index (χ2v) is 15.2. The van der Waals surface area contributed by atoms with Crippen LogP contribution in [0.25, 0.3) is 0 Å². The van der Waals surface area contributed by atoms with Gasteiger partial charge in [-0.3, -0.25) is 4.99 Å². The molecular weight excluding hydrogens is 715 g/mol. The van der Waals surface area contributed by atoms with Crippen molar-refractivity contribution in [3.8, 4) is 0 Å². The van der Waals surface area contributed by atoms with E-state index in [1.165, 1.54) is 38.9 Å². The van der Waals surface area contributed by atoms with Crippen LogP contribution in [0.3, 0.4) is 0 Å². The van der Waals surface area contributed by atoms with Crippen molar-refractivity contribution in [2.45, 2.75) is 17.8 Å². The molecule has 0 amide bonds. The van der Waals surface area contributed by atoms with Crippen LogP contribution < -0.4 is 9.80 Å². The number of anilines is 5. The Balaban J connectivity index is 1.16. The fourth-order valence-corrected chi connectivity index (χ4v) is 10.0. The van der Waals surface area contributed by atoms with Gasteiger partial charge in [0.05, 0.1) is 27.9 Å². The van der Waals surface area contributed by atoms with Crippen molar-refractivity contribution in [2.24, 2.45) is 4.99 Å². The number of para-hydroxylation sites is 3. The summed E-state index contributed by atoms with van der Waals surface area (Å²) < 4.78 is 0. The molecule has 8 aromatic carbocycles. The molecule has 3 nitrogen and oxygen atoms in total. The lowest BCUT2D eigenvalue weighted by atomic mass is 9.62. The molecule has 8 aromatic rings. The van der Waals surface area contributed by atoms with E-state index < -0.39 is 10.8 Å². The minimum absolute atomic E-state index is 0.514. The fourth-order valence-electron chi connectivity index (χ4n) is 10.0. The molecule has 10 rings (SSSR count). The summed E-state index contributed by atoms with van der Waals surface area (Å²) in [6, 6.07) is 79.4. The third-order valence-corrected chi connectivity index (χ3v) is 12.3. The second kappa shape index (κ2) is 14.8. The van der Waals surface area contributed by atoms with Crippen LogP contribution in [-0.4, -0.2) is 6.72 Å². The van der Waals surface area contributed by atoms with Crippen molar-refractivity contribution in [3.63, 3.8) is 0 Å². The summed E-state index contributed by atoms with van der Waals surface area (Å²) in [6.45, 7) is 6.07. The van der Waals surface area contributed by atoms with Crippen molar-refractivity contribution >= 4 is 35.2 Å². The minimum Gasteiger partial charge on any atom is -0.314 e. The van der Waals surface area contributed by atoms with Crippen LogP contribution in [0.2, 0.25) is 0 Å². The van der Waals surface area contributed by atoms with Crippen LogP contribution in [-0.2, 0) is 10.8 Å². The van der Waals surface area contributed by atoms with E-state index in [0.717, 1.165) is 39.7 Å². The number of hydrogen-bond acceptors (Lipinski definition) is 3. The molecular formula is C56H43N3. The third kappa shape index (κ3) is 5.46. The molecule has 0 unspecified atom stereocenters. The van der Waals surface area contributed by atoms with Gasteiger partial charge in [0.25, 0.3) is 0 Å². The Morgan fingerprint density at radius 3 is 1.12 bits per heavy atom. The Morgan fingerprint density at radius 1 is 0.390 bits per heavy atom. The molecule has 0 aliphatic carbocycles. The largest absolute Gasteiger partial charge is 0.314 e. The number of nitrogens with zero attached hydrogens (tertiary/aromatic N) is 3. The Labute approximate surface area is 347 Å². The average molecular weight is 758 g/mol. The zero-order chi connectivity index (χ0) is 39.8. The summed E-state index contributed by atoms with van der Waals surface area (Å²) in [4.78, 5) is 9.07. The van der Waals surface area contributed by atoms with E-state index in [2.05, 4.69) is 253 Å². The first kappa shape index (κ1) is 35.9. The van der Waals surface area contributed by atoms with Crippen LogP contribution >= 0.6 is 0 Å². The molecule has 59 heavy (non-hydrogen) atoms. The van der Waals surface area contributed by atoms with Crippen LogP contribution in [0.1, 0.15) is 45.9 Å². The number of allylic oxidation sites excluding steroid dienone is 3. The number of aliphatic imine (C=N–C) groups is 1. The molecule has 0 bridgehead atoms. The minimum atomic E-state index is -0.591. The Kier molecular flexibility index (Phi) is 8.99. The van der Waals surface area contributed by atoms with Gasteiger partial charge < -0.3 is 9.80 Å². The first-order valence-electron chi connectivity index (χ1n) is 20.2. The van der Waals surface area contributed by atoms with Gasteiger partial charge in [-0.15, -0.1) is 0 Å². The Hall–Kier alpha value is -7.49. The molecule has 0 N–H and O–H groups in total. The standard InChI is InChI=1S/C56H43N3/c1-41-48(39-40-57-2)55(42-21-7-3-8-22-42,43-23-9-4-10-24-43)49-29-15-18-32-52(49)58(41)46-35-37-47(38-36-46)59-53-33-19-16-30-50(53)56(44-25-11-5-12-26-44,45-27-13-6-14-28-45)51-31-17-20-34-54(51)59/h3-40H,2H2,1H3/b40-39-. The molecule has 2 aliphatic heterocycles. The molecule has 0 spiro atoms. The summed E-state index contributed by atoms with van der Waals surface area (Å²) in [5.41, 5.74) is 15.3. The summed E-state index contributed by atoms with van der Waals surface area (Å²) in [5.74, 6) is 0. The topological polar surface area (TPSA) is 18.8 Å². The van der Waals surface area contributed by atoms with E-state index in [1.54, 1.807) is 0 Å². The predicted octanol–water partition coefficient (Wildman–Crippen LogP) is 13.8. The summed E-state index contributed by atoms with van der Waals surface area (Å²) in [5, 5.41) is 0. The lowest BCUT2D eigenvalue weighted by molar-refractivity contribution is 0.711. The first-order chi connectivity index (χ1) is 29.2. The lowest BCUT2D eigenvalue weighted by Gasteiger charge is -2.47. The van der Waals surface area contributed by atoms with E-state index in [-0.39, 0.29) is 0 Å². The van der Waals surface area contributed by atoms with Crippen molar-refractivity contribution in [2.75, 3.05) is 9.80 Å². The highest BCUT2D eigenvalue weighted by atomic mass is 15.2. The maximum absolute atomic E-state index is 4.23. The maximum atomic E-state index is 4.23. The van der Waals surface area contributed by atoms with Gasteiger partial charge in [0.1, 0.15) is 0 Å². The normalized spacial score (nSPS) is 15.0. The molecule has 3 heteroatoms. The predicted molar refractivity (Wildman–Crippen MR) is 246 cm³/mol. The van der Waals surface area contributed by atoms with E-state index in [0.29, 0.717) is 0 Å². The van der Waals surface area contributed by atoms with Gasteiger partial charge >= 0.3 is 0 Å². The number of hydrogen-bond donors (Lipinski definition) is 0. The van der Waals surface area contributed by atoms with Gasteiger partial charge in [-0.2, -0.15) is 0 Å². The molecule has 0 radical (unpaired) electrons. The highest BCUT2D eigenvalue weighted by Crippen LogP contribution is 2.59. The summed E-state index contributed by atoms with van der Waals surface area (Å²) in [6.07, 6.45) is 3.97. The molecule has 0 saturated carbocycles. The summed E-state index contributed by atoms with van der Waals surface area (Å²) in [7, 11) is 0. The average Bonchev–Trinajstić information content (AvgIpc) is 3.31. The molecule has 0 atom stereocenters. The Bertz CT molecular complexity index is 2710. The van der Waals surface area contributed by atoms with E-state index in [1.807, 2.05) is 6.20 Å². The smallest absolute Gasteiger partial charge is 0.0742 e. The molecule has 0 saturated heterocycles. The number of benzene rings is 8. The first-order valence-corrected chi connectivity index (χ1v) is 20.2. The van der Waals surface area contributed by atoms with Gasteiger partial charge in [-0.05, 0) is 107 Å². The van der Waals surface area contributed by atoms with Gasteiger partial charge in [0, 0.05) is 23.3 Å². The highest BCUT2D eigenvalue weighted by molar-refractivity contribution is 5.90. The third-order valence-electron chi connectivity index (χ3n) is 12.3. The zero-order valence-electron chi connectivity index (χ0n) is 33.0. The van der Waals surface area contributed by atoms with Crippen LogP contribution in [0.5, 0.6) is 0 Å². The summed E-state index contributed by atoms with van der Waals surface area (Å²) >= 11 is 0. The van der Waals surface area contributed by atoms with Gasteiger partial charge in [0.15, 0.2) is 0 Å². The molecule has 2 heterocycles. The zero-order valence-corrected chi connectivity index (χ0v) is 33.0. The molecule has 0 fully saturated rings. The van der Waals surface area contributed by atoms with Crippen molar-refractivity contribution in [1.29, 1.82) is 0 Å². The van der Waals surface area contributed by atoms with Crippen LogP contribution in [0.4, 0.5) is 28.4 Å². The number of rotatable bonds is 8. The fraction of sp³-hybridized carbons (Fsp3) is 0.0536. The van der Waals surface area contributed by atoms with E-state index in [4.69, 9.17) is 0 Å².